The summed E-state index contributed by atoms with van der Waals surface area (Å²) in [5, 5.41) is 0. The molecule has 1 fully saturated rings. The number of hydrogen-bond donors (Lipinski definition) is 0. The molecule has 3 aromatic carbocycles. The van der Waals surface area contributed by atoms with E-state index >= 15 is 4.39 Å². The molecule has 0 spiro atoms. The van der Waals surface area contributed by atoms with Gasteiger partial charge >= 0.3 is 0 Å². The van der Waals surface area contributed by atoms with Crippen molar-refractivity contribution in [3.8, 4) is 22.3 Å². The smallest absolute Gasteiger partial charge is 0.132 e. The first-order valence-electron chi connectivity index (χ1n) is 10.8. The summed E-state index contributed by atoms with van der Waals surface area (Å²) in [6.45, 7) is 4.25. The molecule has 0 bridgehead atoms. The van der Waals surface area contributed by atoms with Crippen LogP contribution in [0.5, 0.6) is 0 Å². The Bertz CT molecular complexity index is 983. The lowest BCUT2D eigenvalue weighted by atomic mass is 9.76. The number of allylic oxidation sites excluding steroid dienone is 1. The van der Waals surface area contributed by atoms with E-state index in [-0.39, 0.29) is 11.7 Å². The Morgan fingerprint density at radius 2 is 1.50 bits per heavy atom. The van der Waals surface area contributed by atoms with Crippen molar-refractivity contribution in [3.63, 3.8) is 0 Å². The summed E-state index contributed by atoms with van der Waals surface area (Å²) in [6.07, 6.45) is 6.21. The van der Waals surface area contributed by atoms with Crippen molar-refractivity contribution in [1.82, 2.24) is 0 Å². The monoisotopic (exact) mass is 400 g/mol. The number of benzene rings is 3. The fraction of sp³-hybridized carbons (Fsp3) is 0.286. The molecule has 0 heterocycles. The summed E-state index contributed by atoms with van der Waals surface area (Å²) in [6, 6.07) is 22.8. The van der Waals surface area contributed by atoms with E-state index in [9.17, 15) is 0 Å². The molecule has 30 heavy (non-hydrogen) atoms. The maximum Gasteiger partial charge on any atom is 0.132 e. The topological polar surface area (TPSA) is 9.23 Å². The molecular formula is C28H29FO. The van der Waals surface area contributed by atoms with Crippen molar-refractivity contribution in [1.29, 1.82) is 0 Å². The second kappa shape index (κ2) is 9.40. The average molecular weight is 401 g/mol. The van der Waals surface area contributed by atoms with Crippen molar-refractivity contribution >= 4 is 0 Å². The standard InChI is InChI=1S/C28H29FO/c1-3-20-9-11-24(12-10-20)27-26(18-17-25(19-30-2)28(27)29)23-15-13-22(14-16-23)21-7-5-4-6-8-21/h3-8,13-18,20,24H,1,9-12,19H2,2H3. The molecule has 4 rings (SSSR count). The molecule has 0 amide bonds. The SMILES string of the molecule is C=CC1CCC(c2c(-c3ccc(-c4ccccc4)cc3)ccc(COC)c2F)CC1. The number of rotatable bonds is 6. The van der Waals surface area contributed by atoms with E-state index in [0.717, 1.165) is 42.4 Å². The van der Waals surface area contributed by atoms with Gasteiger partial charge in [0.15, 0.2) is 0 Å². The third kappa shape index (κ3) is 4.24. The first-order valence-corrected chi connectivity index (χ1v) is 10.8. The minimum absolute atomic E-state index is 0.0939. The molecule has 1 aliphatic rings. The first-order chi connectivity index (χ1) is 14.7. The lowest BCUT2D eigenvalue weighted by Gasteiger charge is -2.29. The van der Waals surface area contributed by atoms with Crippen molar-refractivity contribution in [3.05, 3.63) is 96.3 Å². The first kappa shape index (κ1) is 20.6. The van der Waals surface area contributed by atoms with Crippen LogP contribution in [0.2, 0.25) is 0 Å². The average Bonchev–Trinajstić information content (AvgIpc) is 2.81. The molecule has 2 heteroatoms. The molecule has 0 saturated heterocycles. The molecule has 0 atom stereocenters. The van der Waals surface area contributed by atoms with E-state index in [2.05, 4.69) is 55.1 Å². The Kier molecular flexibility index (Phi) is 6.44. The fourth-order valence-electron chi connectivity index (χ4n) is 4.67. The van der Waals surface area contributed by atoms with Gasteiger partial charge in [0, 0.05) is 12.7 Å². The van der Waals surface area contributed by atoms with E-state index in [1.165, 1.54) is 11.1 Å². The Labute approximate surface area is 179 Å². The third-order valence-corrected chi connectivity index (χ3v) is 6.38. The molecule has 154 valence electrons. The maximum absolute atomic E-state index is 15.6. The molecule has 0 aromatic heterocycles. The Balaban J connectivity index is 1.72. The van der Waals surface area contributed by atoms with Crippen LogP contribution in [0.15, 0.2) is 79.4 Å². The van der Waals surface area contributed by atoms with Gasteiger partial charge in [0.25, 0.3) is 0 Å². The summed E-state index contributed by atoms with van der Waals surface area (Å²) < 4.78 is 20.9. The van der Waals surface area contributed by atoms with Crippen LogP contribution >= 0.6 is 0 Å². The van der Waals surface area contributed by atoms with Crippen LogP contribution in [0.3, 0.4) is 0 Å². The van der Waals surface area contributed by atoms with Crippen LogP contribution in [0.4, 0.5) is 4.39 Å². The van der Waals surface area contributed by atoms with Crippen LogP contribution in [0.25, 0.3) is 22.3 Å². The van der Waals surface area contributed by atoms with Crippen molar-refractivity contribution in [2.24, 2.45) is 5.92 Å². The lowest BCUT2D eigenvalue weighted by molar-refractivity contribution is 0.181. The van der Waals surface area contributed by atoms with Gasteiger partial charge in [0.1, 0.15) is 5.82 Å². The molecule has 1 aliphatic carbocycles. The largest absolute Gasteiger partial charge is 0.380 e. The Hall–Kier alpha value is -2.71. The second-order valence-corrected chi connectivity index (χ2v) is 8.22. The van der Waals surface area contributed by atoms with Crippen LogP contribution < -0.4 is 0 Å². The van der Waals surface area contributed by atoms with Gasteiger partial charge in [-0.3, -0.25) is 0 Å². The predicted octanol–water partition coefficient (Wildman–Crippen LogP) is 7.77. The van der Waals surface area contributed by atoms with Gasteiger partial charge in [-0.1, -0.05) is 72.8 Å². The molecule has 1 nitrogen and oxygen atoms in total. The van der Waals surface area contributed by atoms with Gasteiger partial charge < -0.3 is 4.74 Å². The lowest BCUT2D eigenvalue weighted by Crippen LogP contribution is -2.15. The zero-order valence-corrected chi connectivity index (χ0v) is 17.6. The van der Waals surface area contributed by atoms with E-state index in [4.69, 9.17) is 4.74 Å². The normalized spacial score (nSPS) is 18.9. The third-order valence-electron chi connectivity index (χ3n) is 6.38. The van der Waals surface area contributed by atoms with Gasteiger partial charge in [-0.2, -0.15) is 0 Å². The van der Waals surface area contributed by atoms with Gasteiger partial charge in [0.05, 0.1) is 6.61 Å². The van der Waals surface area contributed by atoms with E-state index < -0.39 is 0 Å². The van der Waals surface area contributed by atoms with Crippen LogP contribution in [0, 0.1) is 11.7 Å². The van der Waals surface area contributed by atoms with Crippen LogP contribution in [0.1, 0.15) is 42.7 Å². The number of ether oxygens (including phenoxy) is 1. The Morgan fingerprint density at radius 3 is 2.13 bits per heavy atom. The summed E-state index contributed by atoms with van der Waals surface area (Å²) in [5.41, 5.74) is 5.94. The van der Waals surface area contributed by atoms with Crippen molar-refractivity contribution in [2.45, 2.75) is 38.2 Å². The molecular weight excluding hydrogens is 371 g/mol. The Morgan fingerprint density at radius 1 is 0.867 bits per heavy atom. The maximum atomic E-state index is 15.6. The highest BCUT2D eigenvalue weighted by Gasteiger charge is 2.27. The van der Waals surface area contributed by atoms with Crippen LogP contribution in [-0.2, 0) is 11.3 Å². The van der Waals surface area contributed by atoms with Gasteiger partial charge in [-0.05, 0) is 65.3 Å². The summed E-state index contributed by atoms with van der Waals surface area (Å²) in [4.78, 5) is 0. The molecule has 0 unspecified atom stereocenters. The summed E-state index contributed by atoms with van der Waals surface area (Å²) in [7, 11) is 1.62. The van der Waals surface area contributed by atoms with Gasteiger partial charge in [-0.25, -0.2) is 4.39 Å². The minimum atomic E-state index is -0.0939. The zero-order chi connectivity index (χ0) is 20.9. The molecule has 0 radical (unpaired) electrons. The molecule has 1 saturated carbocycles. The van der Waals surface area contributed by atoms with Gasteiger partial charge in [0.2, 0.25) is 0 Å². The second-order valence-electron chi connectivity index (χ2n) is 8.22. The summed E-state index contributed by atoms with van der Waals surface area (Å²) in [5.74, 6) is 0.699. The number of halogens is 1. The van der Waals surface area contributed by atoms with Crippen LogP contribution in [-0.4, -0.2) is 7.11 Å². The molecule has 0 N–H and O–H groups in total. The quantitative estimate of drug-likeness (QED) is 0.384. The molecule has 3 aromatic rings. The minimum Gasteiger partial charge on any atom is -0.380 e. The van der Waals surface area contributed by atoms with Crippen molar-refractivity contribution in [2.75, 3.05) is 7.11 Å². The van der Waals surface area contributed by atoms with E-state index in [0.29, 0.717) is 18.1 Å². The van der Waals surface area contributed by atoms with Gasteiger partial charge in [-0.15, -0.1) is 6.58 Å². The fourth-order valence-corrected chi connectivity index (χ4v) is 4.67. The zero-order valence-electron chi connectivity index (χ0n) is 17.6. The van der Waals surface area contributed by atoms with E-state index in [1.807, 2.05) is 24.3 Å². The highest BCUT2D eigenvalue weighted by molar-refractivity contribution is 5.73. The number of hydrogen-bond acceptors (Lipinski definition) is 1. The summed E-state index contributed by atoms with van der Waals surface area (Å²) >= 11 is 0. The number of methoxy groups -OCH3 is 1. The predicted molar refractivity (Wildman–Crippen MR) is 123 cm³/mol. The highest BCUT2D eigenvalue weighted by Crippen LogP contribution is 2.42. The van der Waals surface area contributed by atoms with E-state index in [1.54, 1.807) is 7.11 Å². The molecule has 0 aliphatic heterocycles. The van der Waals surface area contributed by atoms with Crippen molar-refractivity contribution < 1.29 is 9.13 Å². The highest BCUT2D eigenvalue weighted by atomic mass is 19.1.